The molecule has 0 radical (unpaired) electrons. The SMILES string of the molecule is COc1ccc(C(=O)NCc2ccc(F)cc2C(F)(F)F)cc1S(=O)(=O)N1CCCCC1C. The Labute approximate surface area is 189 Å². The summed E-state index contributed by atoms with van der Waals surface area (Å²) in [5.74, 6) is -1.77. The van der Waals surface area contributed by atoms with E-state index in [2.05, 4.69) is 5.32 Å². The second kappa shape index (κ2) is 9.68. The van der Waals surface area contributed by atoms with Crippen molar-refractivity contribution in [3.05, 3.63) is 58.9 Å². The standard InChI is InChI=1S/C22H24F4N2O4S/c1-14-5-3-4-10-28(14)33(30,31)20-11-15(7-9-19(20)32-2)21(29)27-13-16-6-8-17(23)12-18(16)22(24,25)26/h6-9,11-12,14H,3-5,10,13H2,1-2H3,(H,27,29). The second-order valence-corrected chi connectivity index (χ2v) is 9.67. The highest BCUT2D eigenvalue weighted by Crippen LogP contribution is 2.33. The minimum atomic E-state index is -4.80. The topological polar surface area (TPSA) is 75.7 Å². The lowest BCUT2D eigenvalue weighted by Crippen LogP contribution is -2.42. The van der Waals surface area contributed by atoms with Gasteiger partial charge in [0, 0.05) is 24.7 Å². The Morgan fingerprint density at radius 1 is 1.18 bits per heavy atom. The summed E-state index contributed by atoms with van der Waals surface area (Å²) in [5, 5.41) is 2.34. The Hall–Kier alpha value is -2.66. The minimum absolute atomic E-state index is 0.0576. The van der Waals surface area contributed by atoms with Crippen molar-refractivity contribution in [3.63, 3.8) is 0 Å². The van der Waals surface area contributed by atoms with Crippen LogP contribution in [-0.4, -0.2) is 38.3 Å². The predicted octanol–water partition coefficient (Wildman–Crippen LogP) is 4.35. The molecule has 2 aromatic carbocycles. The van der Waals surface area contributed by atoms with Gasteiger partial charge >= 0.3 is 6.18 Å². The van der Waals surface area contributed by atoms with Gasteiger partial charge in [0.15, 0.2) is 0 Å². The van der Waals surface area contributed by atoms with Crippen LogP contribution in [0.2, 0.25) is 0 Å². The monoisotopic (exact) mass is 488 g/mol. The first-order valence-electron chi connectivity index (χ1n) is 10.3. The van der Waals surface area contributed by atoms with E-state index in [1.54, 1.807) is 6.92 Å². The number of hydrogen-bond acceptors (Lipinski definition) is 4. The first-order valence-corrected chi connectivity index (χ1v) is 11.7. The fraction of sp³-hybridized carbons (Fsp3) is 0.409. The molecule has 0 bridgehead atoms. The number of nitrogens with one attached hydrogen (secondary N) is 1. The molecule has 3 rings (SSSR count). The molecular formula is C22H24F4N2O4S. The molecule has 0 spiro atoms. The van der Waals surface area contributed by atoms with Crippen LogP contribution in [0.4, 0.5) is 17.6 Å². The zero-order valence-electron chi connectivity index (χ0n) is 18.1. The van der Waals surface area contributed by atoms with Crippen LogP contribution in [0.25, 0.3) is 0 Å². The molecule has 1 N–H and O–H groups in total. The number of carbonyl (C=O) groups excluding carboxylic acids is 1. The molecule has 1 heterocycles. The summed E-state index contributed by atoms with van der Waals surface area (Å²) in [7, 11) is -2.66. The van der Waals surface area contributed by atoms with Crippen molar-refractivity contribution >= 4 is 15.9 Å². The molecule has 0 saturated carbocycles. The molecule has 33 heavy (non-hydrogen) atoms. The maximum atomic E-state index is 13.3. The molecule has 1 amide bonds. The molecule has 1 aliphatic heterocycles. The number of alkyl halides is 3. The predicted molar refractivity (Wildman–Crippen MR) is 113 cm³/mol. The van der Waals surface area contributed by atoms with Crippen LogP contribution >= 0.6 is 0 Å². The van der Waals surface area contributed by atoms with Crippen molar-refractivity contribution in [2.24, 2.45) is 0 Å². The fourth-order valence-corrected chi connectivity index (χ4v) is 5.70. The lowest BCUT2D eigenvalue weighted by molar-refractivity contribution is -0.138. The van der Waals surface area contributed by atoms with Crippen molar-refractivity contribution in [3.8, 4) is 5.75 Å². The van der Waals surface area contributed by atoms with E-state index in [9.17, 15) is 30.8 Å². The van der Waals surface area contributed by atoms with Gasteiger partial charge in [-0.15, -0.1) is 0 Å². The van der Waals surface area contributed by atoms with E-state index in [4.69, 9.17) is 4.74 Å². The molecule has 0 aliphatic carbocycles. The van der Waals surface area contributed by atoms with Gasteiger partial charge in [-0.05, 0) is 55.7 Å². The van der Waals surface area contributed by atoms with E-state index in [1.807, 2.05) is 0 Å². The number of rotatable bonds is 6. The highest BCUT2D eigenvalue weighted by atomic mass is 32.2. The molecule has 2 aromatic rings. The molecule has 1 saturated heterocycles. The van der Waals surface area contributed by atoms with Crippen molar-refractivity contribution in [2.75, 3.05) is 13.7 Å². The second-order valence-electron chi connectivity index (χ2n) is 7.81. The summed E-state index contributed by atoms with van der Waals surface area (Å²) in [5.41, 5.74) is -1.57. The lowest BCUT2D eigenvalue weighted by atomic mass is 10.1. The molecule has 6 nitrogen and oxygen atoms in total. The van der Waals surface area contributed by atoms with Gasteiger partial charge in [0.05, 0.1) is 12.7 Å². The summed E-state index contributed by atoms with van der Waals surface area (Å²) in [6, 6.07) is 5.76. The summed E-state index contributed by atoms with van der Waals surface area (Å²) in [4.78, 5) is 12.5. The van der Waals surface area contributed by atoms with Crippen LogP contribution in [-0.2, 0) is 22.7 Å². The van der Waals surface area contributed by atoms with E-state index in [0.29, 0.717) is 25.5 Å². The Kier molecular flexibility index (Phi) is 7.32. The van der Waals surface area contributed by atoms with Crippen LogP contribution in [0.3, 0.4) is 0 Å². The van der Waals surface area contributed by atoms with Gasteiger partial charge in [-0.3, -0.25) is 4.79 Å². The number of halogens is 4. The van der Waals surface area contributed by atoms with E-state index in [0.717, 1.165) is 24.6 Å². The number of ether oxygens (including phenoxy) is 1. The van der Waals surface area contributed by atoms with E-state index in [-0.39, 0.29) is 27.8 Å². The van der Waals surface area contributed by atoms with Gasteiger partial charge in [-0.2, -0.15) is 17.5 Å². The molecule has 1 aliphatic rings. The zero-order chi connectivity index (χ0) is 24.4. The highest BCUT2D eigenvalue weighted by Gasteiger charge is 2.35. The van der Waals surface area contributed by atoms with Gasteiger partial charge in [-0.25, -0.2) is 12.8 Å². The molecule has 0 aromatic heterocycles. The number of piperidine rings is 1. The highest BCUT2D eigenvalue weighted by molar-refractivity contribution is 7.89. The Morgan fingerprint density at radius 2 is 1.91 bits per heavy atom. The third kappa shape index (κ3) is 5.47. The van der Waals surface area contributed by atoms with Crippen molar-refractivity contribution in [1.29, 1.82) is 0 Å². The van der Waals surface area contributed by atoms with E-state index < -0.39 is 40.0 Å². The molecule has 180 valence electrons. The fourth-order valence-electron chi connectivity index (χ4n) is 3.82. The summed E-state index contributed by atoms with van der Waals surface area (Å²) >= 11 is 0. The third-order valence-corrected chi connectivity index (χ3v) is 7.61. The van der Waals surface area contributed by atoms with Crippen LogP contribution in [0.5, 0.6) is 5.75 Å². The largest absolute Gasteiger partial charge is 0.495 e. The van der Waals surface area contributed by atoms with Gasteiger partial charge in [-0.1, -0.05) is 12.5 Å². The first kappa shape index (κ1) is 25.0. The Bertz CT molecular complexity index is 1140. The van der Waals surface area contributed by atoms with Crippen LogP contribution in [0, 0.1) is 5.82 Å². The average Bonchev–Trinajstić information content (AvgIpc) is 2.77. The Balaban J connectivity index is 1.87. The van der Waals surface area contributed by atoms with Gasteiger partial charge in [0.25, 0.3) is 5.91 Å². The van der Waals surface area contributed by atoms with E-state index >= 15 is 0 Å². The molecule has 1 atom stereocenters. The quantitative estimate of drug-likeness (QED) is 0.614. The normalized spacial score (nSPS) is 17.6. The van der Waals surface area contributed by atoms with E-state index in [1.165, 1.54) is 23.5 Å². The van der Waals surface area contributed by atoms with Crippen LogP contribution in [0.15, 0.2) is 41.3 Å². The number of hydrogen-bond donors (Lipinski definition) is 1. The maximum absolute atomic E-state index is 13.3. The summed E-state index contributed by atoms with van der Waals surface area (Å²) in [6.07, 6.45) is -2.46. The van der Waals surface area contributed by atoms with Gasteiger partial charge < -0.3 is 10.1 Å². The third-order valence-electron chi connectivity index (χ3n) is 5.57. The van der Waals surface area contributed by atoms with Crippen molar-refractivity contribution in [2.45, 2.75) is 49.8 Å². The van der Waals surface area contributed by atoms with Gasteiger partial charge in [0.1, 0.15) is 16.5 Å². The maximum Gasteiger partial charge on any atom is 0.416 e. The molecule has 11 heteroatoms. The smallest absolute Gasteiger partial charge is 0.416 e. The number of benzene rings is 2. The number of carbonyl (C=O) groups is 1. The first-order chi connectivity index (χ1) is 15.4. The van der Waals surface area contributed by atoms with Crippen LogP contribution in [0.1, 0.15) is 47.7 Å². The van der Waals surface area contributed by atoms with Crippen molar-refractivity contribution in [1.82, 2.24) is 9.62 Å². The Morgan fingerprint density at radius 3 is 2.55 bits per heavy atom. The van der Waals surface area contributed by atoms with Gasteiger partial charge in [0.2, 0.25) is 10.0 Å². The number of sulfonamides is 1. The van der Waals surface area contributed by atoms with Crippen molar-refractivity contribution < 1.29 is 35.5 Å². The summed E-state index contributed by atoms with van der Waals surface area (Å²) < 4.78 is 85.9. The zero-order valence-corrected chi connectivity index (χ0v) is 18.9. The number of nitrogens with zero attached hydrogens (tertiary/aromatic N) is 1. The number of methoxy groups -OCH3 is 1. The number of amides is 1. The average molecular weight is 489 g/mol. The minimum Gasteiger partial charge on any atom is -0.495 e. The summed E-state index contributed by atoms with van der Waals surface area (Å²) in [6.45, 7) is 1.62. The van der Waals surface area contributed by atoms with Crippen LogP contribution < -0.4 is 10.1 Å². The lowest BCUT2D eigenvalue weighted by Gasteiger charge is -2.32. The molecule has 1 unspecified atom stereocenters. The molecule has 1 fully saturated rings. The molecular weight excluding hydrogens is 464 g/mol.